The molecule has 0 atom stereocenters. The van der Waals surface area contributed by atoms with Gasteiger partial charge in [0.15, 0.2) is 0 Å². The van der Waals surface area contributed by atoms with Crippen molar-refractivity contribution in [2.45, 2.75) is 19.5 Å². The number of halogens is 4. The van der Waals surface area contributed by atoms with Crippen LogP contribution in [0.2, 0.25) is 0 Å². The zero-order valence-electron chi connectivity index (χ0n) is 13.2. The van der Waals surface area contributed by atoms with E-state index in [0.717, 1.165) is 23.3 Å². The number of aromatic amines is 1. The number of aryl methyl sites for hydroxylation is 1. The van der Waals surface area contributed by atoms with Gasteiger partial charge in [-0.1, -0.05) is 0 Å². The Morgan fingerprint density at radius 1 is 1.12 bits per heavy atom. The van der Waals surface area contributed by atoms with Crippen LogP contribution in [0.4, 0.5) is 23.2 Å². The summed E-state index contributed by atoms with van der Waals surface area (Å²) in [5, 5.41) is 3.16. The van der Waals surface area contributed by atoms with Crippen LogP contribution in [-0.2, 0) is 17.4 Å². The van der Waals surface area contributed by atoms with Crippen LogP contribution in [0, 0.1) is 12.7 Å². The normalized spacial score (nSPS) is 11.7. The molecule has 3 aromatic rings. The summed E-state index contributed by atoms with van der Waals surface area (Å²) in [7, 11) is 0. The van der Waals surface area contributed by atoms with E-state index in [0.29, 0.717) is 10.9 Å². The monoisotopic (exact) mass is 350 g/mol. The second-order valence-corrected chi connectivity index (χ2v) is 5.72. The van der Waals surface area contributed by atoms with Crippen LogP contribution in [-0.4, -0.2) is 10.9 Å². The summed E-state index contributed by atoms with van der Waals surface area (Å²) in [5.74, 6) is -0.802. The molecule has 0 aliphatic rings. The van der Waals surface area contributed by atoms with E-state index in [-0.39, 0.29) is 12.1 Å². The molecular weight excluding hydrogens is 336 g/mol. The molecule has 0 fully saturated rings. The van der Waals surface area contributed by atoms with Crippen LogP contribution in [0.5, 0.6) is 0 Å². The lowest BCUT2D eigenvalue weighted by Crippen LogP contribution is -2.15. The first kappa shape index (κ1) is 17.0. The van der Waals surface area contributed by atoms with Crippen LogP contribution in [0.1, 0.15) is 16.8 Å². The molecule has 0 bridgehead atoms. The number of carbonyl (C=O) groups excluding carboxylic acids is 1. The van der Waals surface area contributed by atoms with Gasteiger partial charge >= 0.3 is 6.18 Å². The van der Waals surface area contributed by atoms with Crippen molar-refractivity contribution >= 4 is 22.5 Å². The zero-order valence-corrected chi connectivity index (χ0v) is 13.2. The molecule has 0 aliphatic heterocycles. The van der Waals surface area contributed by atoms with Crippen LogP contribution in [0.15, 0.2) is 42.5 Å². The van der Waals surface area contributed by atoms with Gasteiger partial charge in [-0.3, -0.25) is 4.79 Å². The highest BCUT2D eigenvalue weighted by Gasteiger charge is 2.30. The van der Waals surface area contributed by atoms with Gasteiger partial charge in [0.05, 0.1) is 12.0 Å². The molecule has 2 aromatic carbocycles. The Morgan fingerprint density at radius 2 is 1.80 bits per heavy atom. The molecule has 1 aromatic heterocycles. The smallest absolute Gasteiger partial charge is 0.358 e. The number of hydrogen-bond donors (Lipinski definition) is 2. The number of benzene rings is 2. The number of nitrogens with one attached hydrogen (secondary N) is 2. The molecule has 0 aliphatic carbocycles. The topological polar surface area (TPSA) is 44.9 Å². The first-order valence-electron chi connectivity index (χ1n) is 7.48. The van der Waals surface area contributed by atoms with E-state index in [9.17, 15) is 22.4 Å². The fourth-order valence-electron chi connectivity index (χ4n) is 2.69. The van der Waals surface area contributed by atoms with Gasteiger partial charge in [-0.15, -0.1) is 0 Å². The Bertz CT molecular complexity index is 927. The summed E-state index contributed by atoms with van der Waals surface area (Å²) in [5.41, 5.74) is 1.59. The molecule has 25 heavy (non-hydrogen) atoms. The maximum absolute atomic E-state index is 13.4. The lowest BCUT2D eigenvalue weighted by molar-refractivity contribution is -0.137. The third-order valence-corrected chi connectivity index (χ3v) is 3.91. The van der Waals surface area contributed by atoms with Crippen molar-refractivity contribution in [2.24, 2.45) is 0 Å². The quantitative estimate of drug-likeness (QED) is 0.654. The van der Waals surface area contributed by atoms with Gasteiger partial charge in [0.25, 0.3) is 0 Å². The summed E-state index contributed by atoms with van der Waals surface area (Å²) in [6.45, 7) is 1.78. The van der Waals surface area contributed by atoms with Crippen LogP contribution in [0.25, 0.3) is 10.9 Å². The van der Waals surface area contributed by atoms with Crippen molar-refractivity contribution in [2.75, 3.05) is 5.32 Å². The van der Waals surface area contributed by atoms with Crippen molar-refractivity contribution in [3.8, 4) is 0 Å². The van der Waals surface area contributed by atoms with Gasteiger partial charge < -0.3 is 10.3 Å². The third kappa shape index (κ3) is 3.65. The first-order valence-corrected chi connectivity index (χ1v) is 7.48. The van der Waals surface area contributed by atoms with Gasteiger partial charge in [0.2, 0.25) is 5.91 Å². The minimum atomic E-state index is -4.42. The molecule has 1 heterocycles. The molecule has 0 saturated heterocycles. The van der Waals surface area contributed by atoms with Crippen molar-refractivity contribution in [1.29, 1.82) is 0 Å². The van der Waals surface area contributed by atoms with Gasteiger partial charge in [-0.05, 0) is 55.0 Å². The maximum atomic E-state index is 13.4. The lowest BCUT2D eigenvalue weighted by Gasteiger charge is -2.09. The Kier molecular flexibility index (Phi) is 4.24. The largest absolute Gasteiger partial charge is 0.416 e. The van der Waals surface area contributed by atoms with E-state index >= 15 is 0 Å². The standard InChI is InChI=1S/C18H14F4N2O/c1-10-14(15-8-12(19)4-7-16(15)23-10)9-17(25)24-13-5-2-11(3-6-13)18(20,21)22/h2-8,23H,9H2,1H3,(H,24,25). The Balaban J connectivity index is 1.77. The number of anilines is 1. The molecule has 2 N–H and O–H groups in total. The number of rotatable bonds is 3. The molecule has 0 spiro atoms. The minimum absolute atomic E-state index is 0.0176. The summed E-state index contributed by atoms with van der Waals surface area (Å²) in [6, 6.07) is 8.47. The SMILES string of the molecule is Cc1[nH]c2ccc(F)cc2c1CC(=O)Nc1ccc(C(F)(F)F)cc1. The number of amides is 1. The highest BCUT2D eigenvalue weighted by Crippen LogP contribution is 2.30. The Labute approximate surface area is 140 Å². The van der Waals surface area contributed by atoms with Gasteiger partial charge in [0, 0.05) is 22.3 Å². The summed E-state index contributed by atoms with van der Waals surface area (Å²) in [6.07, 6.45) is -4.44. The number of fused-ring (bicyclic) bond motifs is 1. The molecule has 0 unspecified atom stereocenters. The van der Waals surface area contributed by atoms with E-state index < -0.39 is 23.5 Å². The van der Waals surface area contributed by atoms with Crippen LogP contribution in [0.3, 0.4) is 0 Å². The number of carbonyl (C=O) groups is 1. The van der Waals surface area contributed by atoms with Crippen LogP contribution < -0.4 is 5.32 Å². The Morgan fingerprint density at radius 3 is 2.44 bits per heavy atom. The number of aromatic nitrogens is 1. The van der Waals surface area contributed by atoms with E-state index in [2.05, 4.69) is 10.3 Å². The van der Waals surface area contributed by atoms with E-state index in [1.54, 1.807) is 13.0 Å². The average Bonchev–Trinajstić information content (AvgIpc) is 2.82. The molecule has 0 saturated carbocycles. The predicted octanol–water partition coefficient (Wildman–Crippen LogP) is 4.82. The van der Waals surface area contributed by atoms with Crippen molar-refractivity contribution in [1.82, 2.24) is 4.98 Å². The fraction of sp³-hybridized carbons (Fsp3) is 0.167. The average molecular weight is 350 g/mol. The van der Waals surface area contributed by atoms with Crippen molar-refractivity contribution in [3.63, 3.8) is 0 Å². The van der Waals surface area contributed by atoms with E-state index in [1.165, 1.54) is 24.3 Å². The molecular formula is C18H14F4N2O. The second-order valence-electron chi connectivity index (χ2n) is 5.72. The molecule has 130 valence electrons. The van der Waals surface area contributed by atoms with Gasteiger partial charge in [-0.25, -0.2) is 4.39 Å². The zero-order chi connectivity index (χ0) is 18.2. The first-order chi connectivity index (χ1) is 11.7. The lowest BCUT2D eigenvalue weighted by atomic mass is 10.1. The second kappa shape index (κ2) is 6.23. The molecule has 7 heteroatoms. The molecule has 1 amide bonds. The predicted molar refractivity (Wildman–Crippen MR) is 86.8 cm³/mol. The highest BCUT2D eigenvalue weighted by atomic mass is 19.4. The molecule has 0 radical (unpaired) electrons. The van der Waals surface area contributed by atoms with Crippen LogP contribution >= 0.6 is 0 Å². The van der Waals surface area contributed by atoms with Gasteiger partial charge in [-0.2, -0.15) is 13.2 Å². The Hall–Kier alpha value is -2.83. The molecule has 3 rings (SSSR count). The van der Waals surface area contributed by atoms with Crippen molar-refractivity contribution < 1.29 is 22.4 Å². The number of alkyl halides is 3. The maximum Gasteiger partial charge on any atom is 0.416 e. The highest BCUT2D eigenvalue weighted by molar-refractivity contribution is 5.96. The summed E-state index contributed by atoms with van der Waals surface area (Å²) in [4.78, 5) is 15.3. The third-order valence-electron chi connectivity index (χ3n) is 3.91. The number of H-pyrrole nitrogens is 1. The fourth-order valence-corrected chi connectivity index (χ4v) is 2.69. The van der Waals surface area contributed by atoms with Crippen molar-refractivity contribution in [3.05, 3.63) is 65.1 Å². The summed E-state index contributed by atoms with van der Waals surface area (Å²) < 4.78 is 51.1. The van der Waals surface area contributed by atoms with E-state index in [1.807, 2.05) is 0 Å². The summed E-state index contributed by atoms with van der Waals surface area (Å²) >= 11 is 0. The van der Waals surface area contributed by atoms with Gasteiger partial charge in [0.1, 0.15) is 5.82 Å². The minimum Gasteiger partial charge on any atom is -0.358 e. The number of hydrogen-bond acceptors (Lipinski definition) is 1. The van der Waals surface area contributed by atoms with E-state index in [4.69, 9.17) is 0 Å². The molecule has 3 nitrogen and oxygen atoms in total.